The van der Waals surface area contributed by atoms with Crippen LogP contribution in [0.4, 0.5) is 0 Å². The summed E-state index contributed by atoms with van der Waals surface area (Å²) >= 11 is 1.92. The molecule has 2 aliphatic rings. The van der Waals surface area contributed by atoms with Crippen LogP contribution in [0.25, 0.3) is 0 Å². The van der Waals surface area contributed by atoms with Crippen molar-refractivity contribution in [2.75, 3.05) is 45.2 Å². The molecule has 0 spiro atoms. The third-order valence-electron chi connectivity index (χ3n) is 4.23. The molecule has 116 valence electrons. The summed E-state index contributed by atoms with van der Waals surface area (Å²) in [6.07, 6.45) is 8.87. The minimum atomic E-state index is 0.797. The molecule has 1 heterocycles. The lowest BCUT2D eigenvalue weighted by atomic mass is 10.1. The summed E-state index contributed by atoms with van der Waals surface area (Å²) in [5.41, 5.74) is 0. The number of thioether (sulfide) groups is 1. The standard InChI is InChI=1S/C15H30N4S/c1-16-15(17-8-3-4-10-20-2)18-11-13-7-9-19(12-13)14-5-6-14/h13-14H,3-12H2,1-2H3,(H2,16,17,18). The molecule has 2 fully saturated rings. The fourth-order valence-corrected chi connectivity index (χ4v) is 3.33. The average Bonchev–Trinajstić information content (AvgIpc) is 3.21. The summed E-state index contributed by atoms with van der Waals surface area (Å²) in [5, 5.41) is 6.90. The number of guanidine groups is 1. The number of hydrogen-bond acceptors (Lipinski definition) is 3. The highest BCUT2D eigenvalue weighted by molar-refractivity contribution is 7.98. The molecule has 1 saturated carbocycles. The molecule has 5 heteroatoms. The zero-order valence-corrected chi connectivity index (χ0v) is 13.8. The first kappa shape index (κ1) is 16.0. The molecule has 1 aliphatic carbocycles. The average molecular weight is 299 g/mol. The summed E-state index contributed by atoms with van der Waals surface area (Å²) in [7, 11) is 1.86. The van der Waals surface area contributed by atoms with Crippen LogP contribution < -0.4 is 10.6 Å². The third kappa shape index (κ3) is 5.52. The summed E-state index contributed by atoms with van der Waals surface area (Å²) < 4.78 is 0. The highest BCUT2D eigenvalue weighted by atomic mass is 32.2. The molecule has 0 amide bonds. The van der Waals surface area contributed by atoms with Gasteiger partial charge in [-0.25, -0.2) is 0 Å². The molecular weight excluding hydrogens is 268 g/mol. The molecule has 1 atom stereocenters. The highest BCUT2D eigenvalue weighted by Crippen LogP contribution is 2.31. The molecule has 1 saturated heterocycles. The Morgan fingerprint density at radius 3 is 2.80 bits per heavy atom. The molecule has 0 bridgehead atoms. The van der Waals surface area contributed by atoms with Gasteiger partial charge in [-0.15, -0.1) is 0 Å². The predicted octanol–water partition coefficient (Wildman–Crippen LogP) is 1.78. The Hall–Kier alpha value is -0.420. The molecule has 0 aromatic rings. The van der Waals surface area contributed by atoms with E-state index in [1.807, 2.05) is 18.8 Å². The predicted molar refractivity (Wildman–Crippen MR) is 89.7 cm³/mol. The Kier molecular flexibility index (Phi) is 7.00. The first-order valence-corrected chi connectivity index (χ1v) is 9.40. The van der Waals surface area contributed by atoms with Crippen molar-refractivity contribution in [3.63, 3.8) is 0 Å². The topological polar surface area (TPSA) is 39.7 Å². The number of nitrogens with one attached hydrogen (secondary N) is 2. The molecular formula is C15H30N4S. The maximum Gasteiger partial charge on any atom is 0.190 e. The normalized spacial score (nSPS) is 24.1. The van der Waals surface area contributed by atoms with E-state index in [1.54, 1.807) is 0 Å². The number of nitrogens with zero attached hydrogens (tertiary/aromatic N) is 2. The van der Waals surface area contributed by atoms with Crippen molar-refractivity contribution < 1.29 is 0 Å². The molecule has 20 heavy (non-hydrogen) atoms. The second-order valence-corrected chi connectivity index (χ2v) is 6.95. The minimum absolute atomic E-state index is 0.797. The van der Waals surface area contributed by atoms with Gasteiger partial charge in [-0.1, -0.05) is 0 Å². The summed E-state index contributed by atoms with van der Waals surface area (Å²) in [6, 6.07) is 0.925. The van der Waals surface area contributed by atoms with Gasteiger partial charge in [0.15, 0.2) is 5.96 Å². The van der Waals surface area contributed by atoms with Crippen molar-refractivity contribution in [3.8, 4) is 0 Å². The Balaban J connectivity index is 1.54. The van der Waals surface area contributed by atoms with Crippen molar-refractivity contribution in [2.24, 2.45) is 10.9 Å². The Morgan fingerprint density at radius 2 is 2.10 bits per heavy atom. The van der Waals surface area contributed by atoms with Gasteiger partial charge in [-0.2, -0.15) is 11.8 Å². The van der Waals surface area contributed by atoms with Gasteiger partial charge in [-0.05, 0) is 56.6 Å². The molecule has 1 aliphatic heterocycles. The van der Waals surface area contributed by atoms with Gasteiger partial charge in [0.05, 0.1) is 0 Å². The molecule has 4 nitrogen and oxygen atoms in total. The van der Waals surface area contributed by atoms with Crippen LogP contribution in [0.15, 0.2) is 4.99 Å². The second-order valence-electron chi connectivity index (χ2n) is 5.96. The molecule has 1 unspecified atom stereocenters. The van der Waals surface area contributed by atoms with Crippen molar-refractivity contribution in [2.45, 2.75) is 38.1 Å². The monoisotopic (exact) mass is 298 g/mol. The lowest BCUT2D eigenvalue weighted by Crippen LogP contribution is -2.40. The third-order valence-corrected chi connectivity index (χ3v) is 4.93. The second kappa shape index (κ2) is 8.78. The van der Waals surface area contributed by atoms with Crippen molar-refractivity contribution in [3.05, 3.63) is 0 Å². The van der Waals surface area contributed by atoms with Crippen molar-refractivity contribution >= 4 is 17.7 Å². The van der Waals surface area contributed by atoms with Gasteiger partial charge in [-0.3, -0.25) is 4.99 Å². The van der Waals surface area contributed by atoms with E-state index in [0.717, 1.165) is 31.0 Å². The number of unbranched alkanes of at least 4 members (excludes halogenated alkanes) is 1. The maximum absolute atomic E-state index is 4.31. The van der Waals surface area contributed by atoms with Gasteiger partial charge in [0.25, 0.3) is 0 Å². The number of rotatable bonds is 8. The van der Waals surface area contributed by atoms with Gasteiger partial charge < -0.3 is 15.5 Å². The van der Waals surface area contributed by atoms with Crippen LogP contribution in [0.3, 0.4) is 0 Å². The number of aliphatic imine (C=N–C) groups is 1. The lowest BCUT2D eigenvalue weighted by molar-refractivity contribution is 0.314. The van der Waals surface area contributed by atoms with Gasteiger partial charge in [0.2, 0.25) is 0 Å². The van der Waals surface area contributed by atoms with Gasteiger partial charge in [0, 0.05) is 32.7 Å². The van der Waals surface area contributed by atoms with E-state index in [0.29, 0.717) is 0 Å². The van der Waals surface area contributed by atoms with Gasteiger partial charge in [0.1, 0.15) is 0 Å². The first-order valence-electron chi connectivity index (χ1n) is 8.01. The van der Waals surface area contributed by atoms with E-state index in [1.165, 1.54) is 50.9 Å². The van der Waals surface area contributed by atoms with E-state index < -0.39 is 0 Å². The molecule has 2 N–H and O–H groups in total. The van der Waals surface area contributed by atoms with E-state index in [2.05, 4.69) is 26.8 Å². The van der Waals surface area contributed by atoms with Crippen LogP contribution in [0.5, 0.6) is 0 Å². The summed E-state index contributed by atoms with van der Waals surface area (Å²) in [4.78, 5) is 6.98. The largest absolute Gasteiger partial charge is 0.356 e. The smallest absolute Gasteiger partial charge is 0.190 e. The summed E-state index contributed by atoms with van der Waals surface area (Å²) in [5.74, 6) is 3.02. The fraction of sp³-hybridized carbons (Fsp3) is 0.933. The SMILES string of the molecule is CN=C(NCCCCSC)NCC1CCN(C2CC2)C1. The molecule has 0 aromatic heterocycles. The molecule has 2 rings (SSSR count). The molecule has 0 radical (unpaired) electrons. The van der Waals surface area contributed by atoms with Gasteiger partial charge >= 0.3 is 0 Å². The lowest BCUT2D eigenvalue weighted by Gasteiger charge is -2.17. The zero-order valence-electron chi connectivity index (χ0n) is 13.0. The number of hydrogen-bond donors (Lipinski definition) is 2. The van der Waals surface area contributed by atoms with Crippen molar-refractivity contribution in [1.82, 2.24) is 15.5 Å². The minimum Gasteiger partial charge on any atom is -0.356 e. The van der Waals surface area contributed by atoms with E-state index in [-0.39, 0.29) is 0 Å². The highest BCUT2D eigenvalue weighted by Gasteiger charge is 2.34. The Morgan fingerprint density at radius 1 is 1.25 bits per heavy atom. The van der Waals surface area contributed by atoms with Crippen molar-refractivity contribution in [1.29, 1.82) is 0 Å². The van der Waals surface area contributed by atoms with E-state index >= 15 is 0 Å². The molecule has 0 aromatic carbocycles. The van der Waals surface area contributed by atoms with E-state index in [4.69, 9.17) is 0 Å². The van der Waals surface area contributed by atoms with Crippen LogP contribution in [0.1, 0.15) is 32.1 Å². The Labute approximate surface area is 128 Å². The zero-order chi connectivity index (χ0) is 14.2. The van der Waals surface area contributed by atoms with E-state index in [9.17, 15) is 0 Å². The van der Waals surface area contributed by atoms with Crippen LogP contribution in [0.2, 0.25) is 0 Å². The number of likely N-dealkylation sites (tertiary alicyclic amines) is 1. The van der Waals surface area contributed by atoms with Crippen LogP contribution in [0, 0.1) is 5.92 Å². The quantitative estimate of drug-likeness (QED) is 0.407. The van der Waals surface area contributed by atoms with Crippen LogP contribution in [-0.4, -0.2) is 62.1 Å². The van der Waals surface area contributed by atoms with Crippen LogP contribution >= 0.6 is 11.8 Å². The summed E-state index contributed by atoms with van der Waals surface area (Å²) in [6.45, 7) is 4.67. The first-order chi connectivity index (χ1) is 9.83. The maximum atomic E-state index is 4.31. The fourth-order valence-electron chi connectivity index (χ4n) is 2.84. The van der Waals surface area contributed by atoms with Crippen LogP contribution in [-0.2, 0) is 0 Å². The Bertz CT molecular complexity index is 304.